The van der Waals surface area contributed by atoms with Gasteiger partial charge in [-0.1, -0.05) is 23.7 Å². The summed E-state index contributed by atoms with van der Waals surface area (Å²) < 4.78 is 2.03. The van der Waals surface area contributed by atoms with Crippen LogP contribution < -0.4 is 10.6 Å². The second-order valence-electron chi connectivity index (χ2n) is 12.6. The highest BCUT2D eigenvalue weighted by atomic mass is 35.5. The van der Waals surface area contributed by atoms with Crippen LogP contribution in [0.5, 0.6) is 0 Å². The van der Waals surface area contributed by atoms with Crippen LogP contribution in [0.3, 0.4) is 0 Å². The van der Waals surface area contributed by atoms with Gasteiger partial charge in [-0.05, 0) is 107 Å². The molecule has 34 heavy (non-hydrogen) atoms. The molecule has 5 aliphatic rings. The monoisotopic (exact) mass is 480 g/mol. The molecule has 5 fully saturated rings. The van der Waals surface area contributed by atoms with Crippen LogP contribution in [0.15, 0.2) is 36.5 Å². The SMILES string of the molecule is CC(C)(C)n1ccc([C@H]2C[C@@H](C(=O)NC34CC5CC(CC(C5)C3)C4)N[C@H]2c2ccc(Cl)cc2)n1. The molecular weight excluding hydrogens is 444 g/mol. The standard InChI is InChI=1S/C28H37ClN4O/c1-27(2,3)33-9-8-23(32-33)22-13-24(30-25(22)20-4-6-21(29)7-5-20)26(34)31-28-14-17-10-18(15-28)12-19(11-17)16-28/h4-9,17-19,22,24-25,30H,10-16H2,1-3H3,(H,31,34)/t17?,18?,19?,22-,24+,25+,28?/m1/s1. The van der Waals surface area contributed by atoms with Crippen LogP contribution in [0.2, 0.25) is 5.02 Å². The highest BCUT2D eigenvalue weighted by Crippen LogP contribution is 2.55. The Bertz CT molecular complexity index is 1030. The first-order valence-corrected chi connectivity index (χ1v) is 13.4. The van der Waals surface area contributed by atoms with E-state index in [1.54, 1.807) is 0 Å². The summed E-state index contributed by atoms with van der Waals surface area (Å²) in [6.45, 7) is 6.49. The number of hydrogen-bond donors (Lipinski definition) is 2. The van der Waals surface area contributed by atoms with Crippen LogP contribution in [0, 0.1) is 17.8 Å². The van der Waals surface area contributed by atoms with Gasteiger partial charge in [0.1, 0.15) is 0 Å². The van der Waals surface area contributed by atoms with Crippen molar-refractivity contribution in [1.29, 1.82) is 0 Å². The molecule has 1 aromatic heterocycles. The normalized spacial score (nSPS) is 36.7. The van der Waals surface area contributed by atoms with Crippen molar-refractivity contribution in [1.82, 2.24) is 20.4 Å². The minimum absolute atomic E-state index is 0.0349. The lowest BCUT2D eigenvalue weighted by molar-refractivity contribution is -0.128. The molecule has 1 amide bonds. The van der Waals surface area contributed by atoms with Gasteiger partial charge in [0.2, 0.25) is 5.91 Å². The third-order valence-electron chi connectivity index (χ3n) is 8.92. The maximum absolute atomic E-state index is 13.7. The maximum Gasteiger partial charge on any atom is 0.237 e. The molecule has 1 saturated heterocycles. The third kappa shape index (κ3) is 4.09. The second kappa shape index (κ2) is 8.09. The molecule has 4 bridgehead atoms. The minimum Gasteiger partial charge on any atom is -0.349 e. The van der Waals surface area contributed by atoms with E-state index in [-0.39, 0.29) is 35.0 Å². The first-order chi connectivity index (χ1) is 16.2. The van der Waals surface area contributed by atoms with E-state index >= 15 is 0 Å². The maximum atomic E-state index is 13.7. The molecule has 182 valence electrons. The van der Waals surface area contributed by atoms with Gasteiger partial charge in [-0.15, -0.1) is 0 Å². The Hall–Kier alpha value is -1.85. The van der Waals surface area contributed by atoms with Gasteiger partial charge in [-0.3, -0.25) is 14.8 Å². The largest absolute Gasteiger partial charge is 0.349 e. The first-order valence-electron chi connectivity index (χ1n) is 13.1. The van der Waals surface area contributed by atoms with E-state index in [9.17, 15) is 4.79 Å². The number of aromatic nitrogens is 2. The summed E-state index contributed by atoms with van der Waals surface area (Å²) in [5.41, 5.74) is 2.17. The zero-order chi connectivity index (χ0) is 23.7. The molecule has 6 heteroatoms. The number of benzene rings is 1. The van der Waals surface area contributed by atoms with E-state index in [4.69, 9.17) is 16.7 Å². The lowest BCUT2D eigenvalue weighted by Gasteiger charge is -2.57. The number of hydrogen-bond acceptors (Lipinski definition) is 3. The zero-order valence-electron chi connectivity index (χ0n) is 20.6. The first kappa shape index (κ1) is 22.6. The molecule has 5 nitrogen and oxygen atoms in total. The topological polar surface area (TPSA) is 59.0 Å². The van der Waals surface area contributed by atoms with E-state index in [0.29, 0.717) is 0 Å². The fourth-order valence-electron chi connectivity index (χ4n) is 7.79. The molecule has 2 N–H and O–H groups in total. The second-order valence-corrected chi connectivity index (χ2v) is 13.1. The van der Waals surface area contributed by atoms with Gasteiger partial charge in [0.15, 0.2) is 0 Å². The smallest absolute Gasteiger partial charge is 0.237 e. The Labute approximate surface area is 208 Å². The van der Waals surface area contributed by atoms with Gasteiger partial charge in [-0.25, -0.2) is 0 Å². The van der Waals surface area contributed by atoms with Crippen molar-refractivity contribution in [2.45, 2.75) is 94.8 Å². The fraction of sp³-hybridized carbons (Fsp3) is 0.643. The summed E-state index contributed by atoms with van der Waals surface area (Å²) in [4.78, 5) is 13.7. The van der Waals surface area contributed by atoms with Crippen molar-refractivity contribution in [2.75, 3.05) is 0 Å². The van der Waals surface area contributed by atoms with Crippen molar-refractivity contribution in [2.24, 2.45) is 17.8 Å². The molecule has 4 saturated carbocycles. The molecule has 4 aliphatic carbocycles. The van der Waals surface area contributed by atoms with Crippen molar-refractivity contribution >= 4 is 17.5 Å². The lowest BCUT2D eigenvalue weighted by atomic mass is 9.53. The number of carbonyl (C=O) groups excluding carboxylic acids is 1. The Kier molecular flexibility index (Phi) is 5.38. The molecule has 0 radical (unpaired) electrons. The summed E-state index contributed by atoms with van der Waals surface area (Å²) in [5, 5.41) is 13.0. The average molecular weight is 481 g/mol. The Morgan fingerprint density at radius 2 is 1.65 bits per heavy atom. The van der Waals surface area contributed by atoms with Crippen molar-refractivity contribution in [3.63, 3.8) is 0 Å². The molecule has 3 atom stereocenters. The number of rotatable bonds is 4. The molecule has 2 heterocycles. The van der Waals surface area contributed by atoms with Gasteiger partial charge in [0.05, 0.1) is 17.3 Å². The van der Waals surface area contributed by atoms with Crippen molar-refractivity contribution < 1.29 is 4.79 Å². The quantitative estimate of drug-likeness (QED) is 0.602. The van der Waals surface area contributed by atoms with Crippen LogP contribution in [0.1, 0.15) is 88.9 Å². The summed E-state index contributed by atoms with van der Waals surface area (Å²) in [7, 11) is 0. The Morgan fingerprint density at radius 1 is 1.03 bits per heavy atom. The van der Waals surface area contributed by atoms with Crippen LogP contribution in [-0.4, -0.2) is 27.3 Å². The van der Waals surface area contributed by atoms with Gasteiger partial charge in [0, 0.05) is 28.7 Å². The summed E-state index contributed by atoms with van der Waals surface area (Å²) >= 11 is 6.18. The van der Waals surface area contributed by atoms with E-state index in [2.05, 4.69) is 55.8 Å². The van der Waals surface area contributed by atoms with Gasteiger partial charge < -0.3 is 5.32 Å². The highest BCUT2D eigenvalue weighted by molar-refractivity contribution is 6.30. The summed E-state index contributed by atoms with van der Waals surface area (Å²) in [6.07, 6.45) is 10.5. The van der Waals surface area contributed by atoms with Crippen LogP contribution >= 0.6 is 11.6 Å². The number of carbonyl (C=O) groups is 1. The van der Waals surface area contributed by atoms with Gasteiger partial charge in [-0.2, -0.15) is 5.10 Å². The van der Waals surface area contributed by atoms with Gasteiger partial charge in [0.25, 0.3) is 0 Å². The van der Waals surface area contributed by atoms with Crippen LogP contribution in [0.25, 0.3) is 0 Å². The fourth-order valence-corrected chi connectivity index (χ4v) is 7.91. The zero-order valence-corrected chi connectivity index (χ0v) is 21.3. The van der Waals surface area contributed by atoms with Crippen LogP contribution in [-0.2, 0) is 10.3 Å². The molecular formula is C28H37ClN4O. The lowest BCUT2D eigenvalue weighted by Crippen LogP contribution is -2.62. The van der Waals surface area contributed by atoms with E-state index < -0.39 is 0 Å². The predicted octanol–water partition coefficient (Wildman–Crippen LogP) is 5.56. The molecule has 0 unspecified atom stereocenters. The summed E-state index contributed by atoms with van der Waals surface area (Å²) in [6, 6.07) is 9.98. The number of nitrogens with zero attached hydrogens (tertiary/aromatic N) is 2. The highest BCUT2D eigenvalue weighted by Gasteiger charge is 2.52. The van der Waals surface area contributed by atoms with Crippen molar-refractivity contribution in [3.8, 4) is 0 Å². The number of halogens is 1. The molecule has 2 aromatic rings. The molecule has 1 aliphatic heterocycles. The van der Waals surface area contributed by atoms with Gasteiger partial charge >= 0.3 is 0 Å². The average Bonchev–Trinajstić information content (AvgIpc) is 3.40. The van der Waals surface area contributed by atoms with E-state index in [0.717, 1.165) is 40.5 Å². The van der Waals surface area contributed by atoms with Crippen LogP contribution in [0.4, 0.5) is 0 Å². The Morgan fingerprint density at radius 3 is 2.21 bits per heavy atom. The molecule has 1 aromatic carbocycles. The third-order valence-corrected chi connectivity index (χ3v) is 9.17. The van der Waals surface area contributed by atoms with Crippen molar-refractivity contribution in [3.05, 3.63) is 52.8 Å². The minimum atomic E-state index is -0.210. The molecule has 0 spiro atoms. The Balaban J connectivity index is 1.25. The molecule has 7 rings (SSSR count). The van der Waals surface area contributed by atoms with E-state index in [1.165, 1.54) is 38.5 Å². The number of amides is 1. The van der Waals surface area contributed by atoms with E-state index in [1.807, 2.05) is 16.8 Å². The predicted molar refractivity (Wildman–Crippen MR) is 135 cm³/mol. The number of nitrogens with one attached hydrogen (secondary N) is 2. The summed E-state index contributed by atoms with van der Waals surface area (Å²) in [5.74, 6) is 2.77.